The van der Waals surface area contributed by atoms with E-state index in [1.165, 1.54) is 27.3 Å². The summed E-state index contributed by atoms with van der Waals surface area (Å²) < 4.78 is 2.67. The normalized spacial score (nSPS) is 12.6. The van der Waals surface area contributed by atoms with Crippen molar-refractivity contribution in [3.63, 3.8) is 0 Å². The molecule has 164 valence electrons. The minimum Gasteiger partial charge on any atom is -0.387 e. The summed E-state index contributed by atoms with van der Waals surface area (Å²) in [7, 11) is -2.17. The van der Waals surface area contributed by atoms with Crippen LogP contribution >= 0.6 is 18.6 Å². The highest BCUT2D eigenvalue weighted by atomic mass is 32.1. The van der Waals surface area contributed by atoms with Crippen molar-refractivity contribution in [2.75, 3.05) is 6.16 Å². The van der Waals surface area contributed by atoms with Crippen molar-refractivity contribution in [1.82, 2.24) is 4.57 Å². The van der Waals surface area contributed by atoms with E-state index < -0.39 is 13.4 Å². The molecule has 1 aromatic heterocycles. The second-order valence-electron chi connectivity index (χ2n) is 8.10. The molecular weight excluding hydrogens is 445 g/mol. The maximum Gasteiger partial charge on any atom is 0.308 e. The molecule has 0 amide bonds. The third kappa shape index (κ3) is 4.18. The number of nitrogens with zero attached hydrogens (tertiary/aromatic N) is 1. The van der Waals surface area contributed by atoms with Gasteiger partial charge in [-0.25, -0.2) is 0 Å². The molecular formula is C28H25NO2PS+. The molecule has 0 bridgehead atoms. The number of fused-ring (bicyclic) bond motifs is 1. The Hall–Kier alpha value is -3.04. The molecule has 0 saturated carbocycles. The van der Waals surface area contributed by atoms with Crippen molar-refractivity contribution in [2.24, 2.45) is 0 Å². The van der Waals surface area contributed by atoms with Crippen molar-refractivity contribution in [3.05, 3.63) is 125 Å². The molecule has 4 aromatic carbocycles. The van der Waals surface area contributed by atoms with Crippen LogP contribution in [0.1, 0.15) is 0 Å². The lowest BCUT2D eigenvalue weighted by molar-refractivity contribution is 0.178. The van der Waals surface area contributed by atoms with Crippen LogP contribution in [0.15, 0.2) is 120 Å². The molecule has 0 aliphatic carbocycles. The molecule has 1 unspecified atom stereocenters. The Bertz CT molecular complexity index is 1300. The van der Waals surface area contributed by atoms with Gasteiger partial charge in [0, 0.05) is 0 Å². The Morgan fingerprint density at radius 3 is 1.67 bits per heavy atom. The molecule has 1 atom stereocenters. The third-order valence-electron chi connectivity index (χ3n) is 6.04. The minimum atomic E-state index is -2.17. The summed E-state index contributed by atoms with van der Waals surface area (Å²) >= 11 is 1.23. The van der Waals surface area contributed by atoms with E-state index in [1.807, 2.05) is 42.5 Å². The first-order valence-electron chi connectivity index (χ1n) is 11.0. The molecule has 0 spiro atoms. The van der Waals surface area contributed by atoms with Crippen LogP contribution in [0.2, 0.25) is 0 Å². The summed E-state index contributed by atoms with van der Waals surface area (Å²) in [6, 6.07) is 39.3. The van der Waals surface area contributed by atoms with Crippen LogP contribution in [0.4, 0.5) is 0 Å². The van der Waals surface area contributed by atoms with Gasteiger partial charge in [-0.1, -0.05) is 78.1 Å². The van der Waals surface area contributed by atoms with Gasteiger partial charge in [0.1, 0.15) is 35.4 Å². The van der Waals surface area contributed by atoms with E-state index in [0.29, 0.717) is 6.16 Å². The molecule has 0 aliphatic heterocycles. The second kappa shape index (κ2) is 9.44. The lowest BCUT2D eigenvalue weighted by Gasteiger charge is -2.29. The fourth-order valence-corrected chi connectivity index (χ4v) is 9.80. The minimum absolute atomic E-state index is 0.0293. The number of aliphatic hydroxyl groups is 1. The molecule has 5 heteroatoms. The van der Waals surface area contributed by atoms with Gasteiger partial charge in [0.2, 0.25) is 0 Å². The first-order valence-corrected chi connectivity index (χ1v) is 13.8. The van der Waals surface area contributed by atoms with Gasteiger partial charge in [-0.3, -0.25) is 9.36 Å². The van der Waals surface area contributed by atoms with E-state index in [4.69, 9.17) is 0 Å². The fraction of sp³-hybridized carbons (Fsp3) is 0.107. The average Bonchev–Trinajstić information content (AvgIpc) is 3.19. The zero-order valence-electron chi connectivity index (χ0n) is 18.1. The molecule has 1 N–H and O–H groups in total. The fourth-order valence-electron chi connectivity index (χ4n) is 4.58. The molecule has 0 fully saturated rings. The number of aromatic nitrogens is 1. The van der Waals surface area contributed by atoms with Gasteiger partial charge in [-0.15, -0.1) is 0 Å². The third-order valence-corrected chi connectivity index (χ3v) is 11.5. The number of hydrogen-bond donors (Lipinski definition) is 1. The van der Waals surface area contributed by atoms with Gasteiger partial charge in [0.25, 0.3) is 0 Å². The van der Waals surface area contributed by atoms with E-state index in [9.17, 15) is 9.90 Å². The summed E-state index contributed by atoms with van der Waals surface area (Å²) in [5, 5.41) is 15.2. The molecule has 1 heterocycles. The van der Waals surface area contributed by atoms with E-state index >= 15 is 0 Å². The molecule has 0 saturated heterocycles. The van der Waals surface area contributed by atoms with Crippen molar-refractivity contribution in [3.8, 4) is 0 Å². The van der Waals surface area contributed by atoms with Gasteiger partial charge in [0.05, 0.1) is 16.8 Å². The monoisotopic (exact) mass is 470 g/mol. The van der Waals surface area contributed by atoms with Crippen LogP contribution in [0, 0.1) is 0 Å². The van der Waals surface area contributed by atoms with Crippen molar-refractivity contribution < 1.29 is 5.11 Å². The van der Waals surface area contributed by atoms with Crippen LogP contribution < -0.4 is 20.8 Å². The molecule has 0 aliphatic rings. The summed E-state index contributed by atoms with van der Waals surface area (Å²) in [5.74, 6) is 0. The smallest absolute Gasteiger partial charge is 0.308 e. The van der Waals surface area contributed by atoms with Gasteiger partial charge >= 0.3 is 4.87 Å². The van der Waals surface area contributed by atoms with Crippen molar-refractivity contribution in [1.29, 1.82) is 0 Å². The second-order valence-corrected chi connectivity index (χ2v) is 12.6. The van der Waals surface area contributed by atoms with Crippen LogP contribution in [-0.2, 0) is 6.54 Å². The average molecular weight is 471 g/mol. The molecule has 0 radical (unpaired) electrons. The van der Waals surface area contributed by atoms with E-state index in [1.54, 1.807) is 4.57 Å². The van der Waals surface area contributed by atoms with Crippen molar-refractivity contribution in [2.45, 2.75) is 12.6 Å². The van der Waals surface area contributed by atoms with Gasteiger partial charge < -0.3 is 5.11 Å². The number of rotatable bonds is 7. The zero-order valence-corrected chi connectivity index (χ0v) is 19.8. The Labute approximate surface area is 197 Å². The van der Waals surface area contributed by atoms with Gasteiger partial charge in [0.15, 0.2) is 0 Å². The highest BCUT2D eigenvalue weighted by Gasteiger charge is 2.46. The van der Waals surface area contributed by atoms with Crippen LogP contribution in [-0.4, -0.2) is 21.9 Å². The van der Waals surface area contributed by atoms with Crippen molar-refractivity contribution >= 4 is 44.7 Å². The van der Waals surface area contributed by atoms with Crippen LogP contribution in [0.25, 0.3) is 10.2 Å². The quantitative estimate of drug-likeness (QED) is 0.358. The maximum atomic E-state index is 12.7. The van der Waals surface area contributed by atoms with E-state index in [0.717, 1.165) is 10.2 Å². The zero-order chi connectivity index (χ0) is 22.7. The van der Waals surface area contributed by atoms with Crippen LogP contribution in [0.5, 0.6) is 0 Å². The summed E-state index contributed by atoms with van der Waals surface area (Å²) in [6.45, 7) is 0.275. The number of benzene rings is 4. The number of thiazole rings is 1. The van der Waals surface area contributed by atoms with Gasteiger partial charge in [-0.05, 0) is 48.5 Å². The predicted octanol–water partition coefficient (Wildman–Crippen LogP) is 4.42. The van der Waals surface area contributed by atoms with E-state index in [-0.39, 0.29) is 11.4 Å². The SMILES string of the molecule is O=c1sc2ccccc2n1CC(O)C[P+](c1ccccc1)(c1ccccc1)c1ccccc1. The highest BCUT2D eigenvalue weighted by molar-refractivity contribution is 7.95. The number of hydrogen-bond acceptors (Lipinski definition) is 3. The topological polar surface area (TPSA) is 42.2 Å². The summed E-state index contributed by atoms with van der Waals surface area (Å²) in [5.41, 5.74) is 0.884. The maximum absolute atomic E-state index is 12.7. The Kier molecular flexibility index (Phi) is 6.24. The lowest BCUT2D eigenvalue weighted by atomic mass is 10.3. The molecule has 5 rings (SSSR count). The number of para-hydroxylation sites is 1. The summed E-state index contributed by atoms with van der Waals surface area (Å²) in [4.78, 5) is 12.7. The summed E-state index contributed by atoms with van der Waals surface area (Å²) in [6.07, 6.45) is -0.128. The standard InChI is InChI=1S/C28H25NO2PS/c30-22(20-29-26-18-10-11-19-27(26)33-28(29)31)21-32(23-12-4-1-5-13-23,24-14-6-2-7-15-24)25-16-8-3-9-17-25/h1-19,22,30H,20-21H2/q+1. The Balaban J connectivity index is 1.63. The Morgan fingerprint density at radius 2 is 1.15 bits per heavy atom. The first kappa shape index (κ1) is 21.8. The Morgan fingerprint density at radius 1 is 0.697 bits per heavy atom. The first-order chi connectivity index (χ1) is 16.2. The highest BCUT2D eigenvalue weighted by Crippen LogP contribution is 2.55. The molecule has 33 heavy (non-hydrogen) atoms. The molecule has 5 aromatic rings. The van der Waals surface area contributed by atoms with Gasteiger partial charge in [-0.2, -0.15) is 0 Å². The van der Waals surface area contributed by atoms with Crippen LogP contribution in [0.3, 0.4) is 0 Å². The lowest BCUT2D eigenvalue weighted by Crippen LogP contribution is -2.38. The largest absolute Gasteiger partial charge is 0.387 e. The number of aliphatic hydroxyl groups excluding tert-OH is 1. The van der Waals surface area contributed by atoms with E-state index in [2.05, 4.69) is 72.8 Å². The predicted molar refractivity (Wildman–Crippen MR) is 142 cm³/mol. The molecule has 3 nitrogen and oxygen atoms in total.